The molecule has 4 nitrogen and oxygen atoms in total. The summed E-state index contributed by atoms with van der Waals surface area (Å²) in [6, 6.07) is 15.6. The Bertz CT molecular complexity index is 585. The van der Waals surface area contributed by atoms with E-state index in [1.54, 1.807) is 24.3 Å². The quantitative estimate of drug-likeness (QED) is 0.660. The molecule has 2 aromatic carbocycles. The molecule has 1 N–H and O–H groups in total. The fourth-order valence-electron chi connectivity index (χ4n) is 1.46. The number of rotatable bonds is 3. The predicted octanol–water partition coefficient (Wildman–Crippen LogP) is 2.91. The van der Waals surface area contributed by atoms with Gasteiger partial charge in [-0.2, -0.15) is 4.99 Å². The molecule has 0 spiro atoms. The minimum atomic E-state index is -0.206. The lowest BCUT2D eigenvalue weighted by molar-refractivity contribution is 0.102. The van der Waals surface area contributed by atoms with Gasteiger partial charge in [0, 0.05) is 11.3 Å². The number of nitrogens with zero attached hydrogens (tertiary/aromatic N) is 1. The van der Waals surface area contributed by atoms with Crippen molar-refractivity contribution in [3.05, 3.63) is 60.2 Å². The van der Waals surface area contributed by atoms with Gasteiger partial charge in [-0.15, -0.1) is 0 Å². The SMILES string of the molecule is O=C=Nc1ccc(C(=O)Nc2ccccc2)cc1. The molecule has 0 fully saturated rings. The lowest BCUT2D eigenvalue weighted by Crippen LogP contribution is -2.11. The molecule has 4 heteroatoms. The van der Waals surface area contributed by atoms with Gasteiger partial charge in [0.15, 0.2) is 0 Å². The second kappa shape index (κ2) is 5.57. The van der Waals surface area contributed by atoms with Crippen molar-refractivity contribution in [3.8, 4) is 0 Å². The molecule has 0 aliphatic rings. The maximum atomic E-state index is 11.9. The highest BCUT2D eigenvalue weighted by molar-refractivity contribution is 6.04. The molecule has 88 valence electrons. The van der Waals surface area contributed by atoms with Crippen molar-refractivity contribution in [2.75, 3.05) is 5.32 Å². The van der Waals surface area contributed by atoms with Gasteiger partial charge in [-0.3, -0.25) is 4.79 Å². The molecule has 0 unspecified atom stereocenters. The molecule has 0 aliphatic heterocycles. The monoisotopic (exact) mass is 238 g/mol. The predicted molar refractivity (Wildman–Crippen MR) is 68.6 cm³/mol. The van der Waals surface area contributed by atoms with Gasteiger partial charge in [-0.1, -0.05) is 18.2 Å². The standard InChI is InChI=1S/C14H10N2O2/c17-10-15-12-8-6-11(7-9-12)14(18)16-13-4-2-1-3-5-13/h1-9H,(H,16,18). The zero-order chi connectivity index (χ0) is 12.8. The van der Waals surface area contributed by atoms with Gasteiger partial charge in [-0.25, -0.2) is 4.79 Å². The number of hydrogen-bond donors (Lipinski definition) is 1. The van der Waals surface area contributed by atoms with Crippen LogP contribution < -0.4 is 5.32 Å². The van der Waals surface area contributed by atoms with E-state index in [-0.39, 0.29) is 5.91 Å². The van der Waals surface area contributed by atoms with E-state index in [2.05, 4.69) is 10.3 Å². The molecule has 0 saturated carbocycles. The van der Waals surface area contributed by atoms with Crippen LogP contribution in [-0.4, -0.2) is 12.0 Å². The van der Waals surface area contributed by atoms with Gasteiger partial charge in [-0.05, 0) is 36.4 Å². The number of aliphatic imine (C=N–C) groups is 1. The van der Waals surface area contributed by atoms with Gasteiger partial charge in [0.2, 0.25) is 6.08 Å². The van der Waals surface area contributed by atoms with Crippen molar-refractivity contribution in [2.24, 2.45) is 4.99 Å². The van der Waals surface area contributed by atoms with Crippen molar-refractivity contribution in [1.82, 2.24) is 0 Å². The summed E-state index contributed by atoms with van der Waals surface area (Å²) in [5.41, 5.74) is 1.71. The van der Waals surface area contributed by atoms with E-state index in [0.29, 0.717) is 11.3 Å². The van der Waals surface area contributed by atoms with Crippen LogP contribution in [0.3, 0.4) is 0 Å². The Morgan fingerprint density at radius 2 is 1.67 bits per heavy atom. The van der Waals surface area contributed by atoms with Crippen LogP contribution in [0.5, 0.6) is 0 Å². The van der Waals surface area contributed by atoms with Crippen LogP contribution in [0.2, 0.25) is 0 Å². The van der Waals surface area contributed by atoms with Crippen LogP contribution in [0.4, 0.5) is 11.4 Å². The van der Waals surface area contributed by atoms with Crippen LogP contribution in [-0.2, 0) is 4.79 Å². The lowest BCUT2D eigenvalue weighted by atomic mass is 10.2. The van der Waals surface area contributed by atoms with Crippen LogP contribution in [0.25, 0.3) is 0 Å². The zero-order valence-corrected chi connectivity index (χ0v) is 9.46. The van der Waals surface area contributed by atoms with E-state index < -0.39 is 0 Å². The minimum absolute atomic E-state index is 0.206. The number of carbonyl (C=O) groups excluding carboxylic acids is 2. The van der Waals surface area contributed by atoms with Crippen LogP contribution >= 0.6 is 0 Å². The molecule has 0 aromatic heterocycles. The van der Waals surface area contributed by atoms with Crippen molar-refractivity contribution in [1.29, 1.82) is 0 Å². The Hall–Kier alpha value is -2.71. The molecule has 1 amide bonds. The van der Waals surface area contributed by atoms with Crippen molar-refractivity contribution in [2.45, 2.75) is 0 Å². The van der Waals surface area contributed by atoms with Gasteiger partial charge >= 0.3 is 0 Å². The lowest BCUT2D eigenvalue weighted by Gasteiger charge is -2.04. The number of anilines is 1. The highest BCUT2D eigenvalue weighted by atomic mass is 16.1. The van der Waals surface area contributed by atoms with Crippen LogP contribution in [0.1, 0.15) is 10.4 Å². The topological polar surface area (TPSA) is 58.5 Å². The number of benzene rings is 2. The Kier molecular flexibility index (Phi) is 3.64. The largest absolute Gasteiger partial charge is 0.322 e. The average Bonchev–Trinajstić information content (AvgIpc) is 2.41. The molecule has 0 heterocycles. The number of isocyanates is 1. The van der Waals surface area contributed by atoms with Crippen molar-refractivity contribution >= 4 is 23.4 Å². The smallest absolute Gasteiger partial charge is 0.255 e. The van der Waals surface area contributed by atoms with Crippen LogP contribution in [0.15, 0.2) is 59.6 Å². The summed E-state index contributed by atoms with van der Waals surface area (Å²) in [4.78, 5) is 25.4. The summed E-state index contributed by atoms with van der Waals surface area (Å²) in [6.07, 6.45) is 1.45. The normalized spacial score (nSPS) is 9.33. The first-order valence-electron chi connectivity index (χ1n) is 5.34. The number of para-hydroxylation sites is 1. The van der Waals surface area contributed by atoms with E-state index in [9.17, 15) is 9.59 Å². The van der Waals surface area contributed by atoms with E-state index >= 15 is 0 Å². The first kappa shape index (κ1) is 11.8. The molecule has 18 heavy (non-hydrogen) atoms. The fourth-order valence-corrected chi connectivity index (χ4v) is 1.46. The molecular weight excluding hydrogens is 228 g/mol. The summed E-state index contributed by atoms with van der Waals surface area (Å²) in [5, 5.41) is 2.76. The van der Waals surface area contributed by atoms with E-state index in [1.807, 2.05) is 30.3 Å². The molecule has 2 rings (SSSR count). The first-order valence-corrected chi connectivity index (χ1v) is 5.34. The third-order valence-corrected chi connectivity index (χ3v) is 2.34. The van der Waals surface area contributed by atoms with E-state index in [4.69, 9.17) is 0 Å². The maximum absolute atomic E-state index is 11.9. The Morgan fingerprint density at radius 1 is 1.00 bits per heavy atom. The number of nitrogens with one attached hydrogen (secondary N) is 1. The summed E-state index contributed by atoms with van der Waals surface area (Å²) in [6.45, 7) is 0. The van der Waals surface area contributed by atoms with E-state index in [0.717, 1.165) is 5.69 Å². The molecule has 0 aliphatic carbocycles. The second-order valence-corrected chi connectivity index (χ2v) is 3.57. The van der Waals surface area contributed by atoms with Gasteiger partial charge < -0.3 is 5.32 Å². The Labute approximate surface area is 104 Å². The van der Waals surface area contributed by atoms with E-state index in [1.165, 1.54) is 6.08 Å². The minimum Gasteiger partial charge on any atom is -0.322 e. The summed E-state index contributed by atoms with van der Waals surface area (Å²) >= 11 is 0. The molecule has 0 radical (unpaired) electrons. The Morgan fingerprint density at radius 3 is 2.28 bits per heavy atom. The third kappa shape index (κ3) is 2.90. The molecular formula is C14H10N2O2. The molecule has 0 atom stereocenters. The van der Waals surface area contributed by atoms with Gasteiger partial charge in [0.05, 0.1) is 5.69 Å². The molecule has 0 bridgehead atoms. The van der Waals surface area contributed by atoms with Gasteiger partial charge in [0.25, 0.3) is 5.91 Å². The first-order chi connectivity index (χ1) is 8.79. The Balaban J connectivity index is 2.12. The molecule has 0 saturated heterocycles. The number of carbonyl (C=O) groups is 1. The number of hydrogen-bond acceptors (Lipinski definition) is 3. The third-order valence-electron chi connectivity index (χ3n) is 2.34. The second-order valence-electron chi connectivity index (χ2n) is 3.57. The number of amides is 1. The van der Waals surface area contributed by atoms with Crippen LogP contribution in [0, 0.1) is 0 Å². The summed E-state index contributed by atoms with van der Waals surface area (Å²) in [7, 11) is 0. The van der Waals surface area contributed by atoms with Crippen molar-refractivity contribution in [3.63, 3.8) is 0 Å². The summed E-state index contributed by atoms with van der Waals surface area (Å²) < 4.78 is 0. The van der Waals surface area contributed by atoms with Gasteiger partial charge in [0.1, 0.15) is 0 Å². The highest BCUT2D eigenvalue weighted by Gasteiger charge is 2.05. The highest BCUT2D eigenvalue weighted by Crippen LogP contribution is 2.14. The van der Waals surface area contributed by atoms with Crippen molar-refractivity contribution < 1.29 is 9.59 Å². The fraction of sp³-hybridized carbons (Fsp3) is 0. The average molecular weight is 238 g/mol. The molecule has 2 aromatic rings. The summed E-state index contributed by atoms with van der Waals surface area (Å²) in [5.74, 6) is -0.206. The zero-order valence-electron chi connectivity index (χ0n) is 9.46. The maximum Gasteiger partial charge on any atom is 0.255 e.